The summed E-state index contributed by atoms with van der Waals surface area (Å²) >= 11 is 0. The summed E-state index contributed by atoms with van der Waals surface area (Å²) in [5.41, 5.74) is 4.83. The van der Waals surface area contributed by atoms with E-state index in [9.17, 15) is 9.90 Å². The first-order valence-electron chi connectivity index (χ1n) is 18.5. The van der Waals surface area contributed by atoms with Crippen LogP contribution in [0.25, 0.3) is 43.6 Å². The molecule has 269 valence electrons. The zero-order valence-corrected chi connectivity index (χ0v) is 34.3. The van der Waals surface area contributed by atoms with Crippen molar-refractivity contribution in [1.82, 2.24) is 4.98 Å². The molecule has 3 nitrogen and oxygen atoms in total. The van der Waals surface area contributed by atoms with Gasteiger partial charge in [0.25, 0.3) is 0 Å². The molecule has 0 unspecified atom stereocenters. The molecular weight excluding hydrogens is 791 g/mol. The normalized spacial score (nSPS) is 12.1. The largest absolute Gasteiger partial charge is 0.512 e. The Hall–Kier alpha value is -3.33. The molecule has 5 aromatic rings. The summed E-state index contributed by atoms with van der Waals surface area (Å²) in [5, 5.41) is 17.5. The Labute approximate surface area is 315 Å². The number of ketones is 1. The van der Waals surface area contributed by atoms with Crippen molar-refractivity contribution in [2.45, 2.75) is 94.9 Å². The fraction of sp³-hybridized carbons (Fsp3) is 0.435. The molecular formula is C46H58IrNO2-. The number of allylic oxidation sites excluding steroid dienone is 2. The van der Waals surface area contributed by atoms with Crippen LogP contribution in [0.3, 0.4) is 0 Å². The van der Waals surface area contributed by atoms with Gasteiger partial charge in [0.2, 0.25) is 0 Å². The Morgan fingerprint density at radius 1 is 0.740 bits per heavy atom. The summed E-state index contributed by atoms with van der Waals surface area (Å²) in [4.78, 5) is 17.0. The van der Waals surface area contributed by atoms with Gasteiger partial charge in [-0.05, 0) is 93.4 Å². The Morgan fingerprint density at radius 2 is 1.32 bits per heavy atom. The van der Waals surface area contributed by atoms with E-state index in [4.69, 9.17) is 4.98 Å². The molecule has 5 rings (SSSR count). The maximum Gasteiger partial charge on any atom is 0.162 e. The van der Waals surface area contributed by atoms with Gasteiger partial charge in [-0.25, -0.2) is 0 Å². The zero-order chi connectivity index (χ0) is 35.8. The number of aliphatic hydroxyl groups is 1. The first-order valence-corrected chi connectivity index (χ1v) is 18.5. The van der Waals surface area contributed by atoms with Crippen LogP contribution in [0.1, 0.15) is 93.2 Å². The van der Waals surface area contributed by atoms with Gasteiger partial charge in [0.05, 0.1) is 5.76 Å². The van der Waals surface area contributed by atoms with Crippen LogP contribution in [0, 0.1) is 41.6 Å². The summed E-state index contributed by atoms with van der Waals surface area (Å²) in [6, 6.07) is 28.1. The van der Waals surface area contributed by atoms with Gasteiger partial charge in [0, 0.05) is 44.2 Å². The van der Waals surface area contributed by atoms with E-state index in [1.165, 1.54) is 49.5 Å². The Balaban J connectivity index is 0.000000323. The second kappa shape index (κ2) is 18.8. The third-order valence-electron chi connectivity index (χ3n) is 9.64. The summed E-state index contributed by atoms with van der Waals surface area (Å²) in [5.74, 6) is 2.30. The van der Waals surface area contributed by atoms with Crippen LogP contribution >= 0.6 is 0 Å². The van der Waals surface area contributed by atoms with Crippen LogP contribution in [-0.2, 0) is 37.7 Å². The standard InChI is InChI=1S/C31H30N.C15H28O2.Ir/c1-20(2)15-22-17-23(16-21(3)4)19-25(18-22)31-30-12-11-27-26-8-6-5-7-24(26)9-10-28(27)29(30)13-14-32-31;1-7-12(8-2)13(16)9-14(17)15(10(3)4)11(5)6;/h5-14,17-18,20-21H,15-16H2,1-4H3;9-12,15-16H,7-8H2,1-6H3;/q-1;;/b;13-9-;. The first-order chi connectivity index (χ1) is 23.3. The number of carbonyl (C=O) groups excluding carboxylic acids is 1. The van der Waals surface area contributed by atoms with Crippen LogP contribution in [-0.4, -0.2) is 15.9 Å². The maximum atomic E-state index is 12.1. The molecule has 0 aliphatic rings. The fourth-order valence-electron chi connectivity index (χ4n) is 7.42. The number of hydrogen-bond acceptors (Lipinski definition) is 3. The third-order valence-corrected chi connectivity index (χ3v) is 9.64. The average molecular weight is 849 g/mol. The second-order valence-corrected chi connectivity index (χ2v) is 15.3. The summed E-state index contributed by atoms with van der Waals surface area (Å²) in [6.07, 6.45) is 7.28. The monoisotopic (exact) mass is 849 g/mol. The summed E-state index contributed by atoms with van der Waals surface area (Å²) in [6.45, 7) is 21.4. The molecule has 0 fully saturated rings. The van der Waals surface area contributed by atoms with Gasteiger partial charge < -0.3 is 10.1 Å². The predicted octanol–water partition coefficient (Wildman–Crippen LogP) is 12.8. The fourth-order valence-corrected chi connectivity index (χ4v) is 7.42. The van der Waals surface area contributed by atoms with Gasteiger partial charge in [-0.3, -0.25) is 4.79 Å². The number of nitrogens with zero attached hydrogens (tertiary/aromatic N) is 1. The third kappa shape index (κ3) is 10.1. The van der Waals surface area contributed by atoms with E-state index in [2.05, 4.69) is 128 Å². The van der Waals surface area contributed by atoms with E-state index in [1.807, 2.05) is 20.0 Å². The number of hydrogen-bond donors (Lipinski definition) is 1. The number of benzene rings is 4. The second-order valence-electron chi connectivity index (χ2n) is 15.3. The molecule has 1 N–H and O–H groups in total. The van der Waals surface area contributed by atoms with Gasteiger partial charge in [-0.2, -0.15) is 0 Å². The van der Waals surface area contributed by atoms with E-state index >= 15 is 0 Å². The van der Waals surface area contributed by atoms with Gasteiger partial charge in [0.1, 0.15) is 0 Å². The average Bonchev–Trinajstić information content (AvgIpc) is 3.03. The van der Waals surface area contributed by atoms with Crippen molar-refractivity contribution < 1.29 is 30.0 Å². The first kappa shape index (κ1) is 41.1. The predicted molar refractivity (Wildman–Crippen MR) is 211 cm³/mol. The number of pyridine rings is 1. The van der Waals surface area contributed by atoms with Gasteiger partial charge in [0.15, 0.2) is 5.78 Å². The SMILES string of the molecule is CC(C)Cc1[c-]c(-c2nccc3c2ccc2c4ccccc4ccc32)cc(CC(C)C)c1.CCC(CC)/C(O)=C/C(=O)C(C(C)C)C(C)C.[Ir]. The zero-order valence-electron chi connectivity index (χ0n) is 31.9. The van der Waals surface area contributed by atoms with Crippen molar-refractivity contribution >= 4 is 38.1 Å². The molecule has 0 spiro atoms. The molecule has 0 aliphatic heterocycles. The molecule has 4 aromatic carbocycles. The van der Waals surface area contributed by atoms with Crippen molar-refractivity contribution in [2.75, 3.05) is 0 Å². The summed E-state index contributed by atoms with van der Waals surface area (Å²) < 4.78 is 0. The van der Waals surface area contributed by atoms with Gasteiger partial charge in [-0.1, -0.05) is 118 Å². The van der Waals surface area contributed by atoms with Gasteiger partial charge in [-0.15, -0.1) is 34.9 Å². The molecule has 50 heavy (non-hydrogen) atoms. The smallest absolute Gasteiger partial charge is 0.162 e. The summed E-state index contributed by atoms with van der Waals surface area (Å²) in [7, 11) is 0. The van der Waals surface area contributed by atoms with E-state index in [0.29, 0.717) is 23.7 Å². The Kier molecular flexibility index (Phi) is 15.4. The van der Waals surface area contributed by atoms with Crippen LogP contribution in [0.2, 0.25) is 0 Å². The number of aliphatic hydroxyl groups excluding tert-OH is 1. The van der Waals surface area contributed by atoms with Crippen molar-refractivity contribution in [1.29, 1.82) is 0 Å². The Morgan fingerprint density at radius 3 is 1.94 bits per heavy atom. The van der Waals surface area contributed by atoms with Crippen molar-refractivity contribution in [3.63, 3.8) is 0 Å². The van der Waals surface area contributed by atoms with E-state index in [-0.39, 0.29) is 43.5 Å². The number of fused-ring (bicyclic) bond motifs is 5. The molecule has 1 radical (unpaired) electrons. The van der Waals surface area contributed by atoms with E-state index in [0.717, 1.165) is 36.9 Å². The molecule has 0 amide bonds. The number of carbonyl (C=O) groups is 1. The molecule has 1 aromatic heterocycles. The maximum absolute atomic E-state index is 12.1. The van der Waals surface area contributed by atoms with Crippen molar-refractivity contribution in [3.8, 4) is 11.3 Å². The van der Waals surface area contributed by atoms with E-state index in [1.54, 1.807) is 0 Å². The molecule has 1 heterocycles. The van der Waals surface area contributed by atoms with E-state index < -0.39 is 0 Å². The van der Waals surface area contributed by atoms with Gasteiger partial charge >= 0.3 is 0 Å². The number of rotatable bonds is 12. The minimum atomic E-state index is 0. The molecule has 0 bridgehead atoms. The minimum absolute atomic E-state index is 0. The minimum Gasteiger partial charge on any atom is -0.512 e. The molecule has 0 saturated carbocycles. The van der Waals surface area contributed by atoms with Crippen molar-refractivity contribution in [3.05, 3.63) is 102 Å². The molecule has 4 heteroatoms. The topological polar surface area (TPSA) is 50.2 Å². The molecule has 0 atom stereocenters. The molecule has 0 aliphatic carbocycles. The van der Waals surface area contributed by atoms with Crippen molar-refractivity contribution in [2.24, 2.45) is 35.5 Å². The quantitative estimate of drug-likeness (QED) is 0.0589. The van der Waals surface area contributed by atoms with Crippen LogP contribution in [0.4, 0.5) is 0 Å². The Bertz CT molecular complexity index is 1860. The molecule has 0 saturated heterocycles. The van der Waals surface area contributed by atoms with Crippen LogP contribution in [0.5, 0.6) is 0 Å². The van der Waals surface area contributed by atoms with Crippen LogP contribution in [0.15, 0.2) is 84.8 Å². The number of aromatic nitrogens is 1. The van der Waals surface area contributed by atoms with Crippen LogP contribution < -0.4 is 0 Å².